The lowest BCUT2D eigenvalue weighted by Gasteiger charge is -2.08. The van der Waals surface area contributed by atoms with Crippen molar-refractivity contribution in [3.05, 3.63) is 64.7 Å². The first-order valence-corrected chi connectivity index (χ1v) is 7.67. The van der Waals surface area contributed by atoms with Crippen molar-refractivity contribution in [2.45, 2.75) is 20.3 Å². The zero-order valence-corrected chi connectivity index (χ0v) is 13.9. The van der Waals surface area contributed by atoms with Gasteiger partial charge in [-0.15, -0.1) is 0 Å². The molecule has 0 aliphatic carbocycles. The minimum Gasteiger partial charge on any atom is -0.483 e. The third kappa shape index (κ3) is 5.75. The van der Waals surface area contributed by atoms with Crippen molar-refractivity contribution in [2.75, 3.05) is 6.61 Å². The molecule has 0 unspecified atom stereocenters. The number of carbonyl (C=O) groups excluding carboxylic acids is 1. The second-order valence-electron chi connectivity index (χ2n) is 5.24. The number of amides is 1. The average molecular weight is 331 g/mol. The summed E-state index contributed by atoms with van der Waals surface area (Å²) in [5.41, 5.74) is 5.36. The van der Waals surface area contributed by atoms with E-state index in [0.29, 0.717) is 17.2 Å². The molecule has 120 valence electrons. The van der Waals surface area contributed by atoms with Gasteiger partial charge in [-0.25, -0.2) is 5.43 Å². The summed E-state index contributed by atoms with van der Waals surface area (Å²) >= 11 is 5.88. The van der Waals surface area contributed by atoms with E-state index >= 15 is 0 Å². The van der Waals surface area contributed by atoms with Crippen LogP contribution in [0.3, 0.4) is 0 Å². The van der Waals surface area contributed by atoms with Crippen molar-refractivity contribution < 1.29 is 9.53 Å². The summed E-state index contributed by atoms with van der Waals surface area (Å²) in [5, 5.41) is 4.72. The molecular weight excluding hydrogens is 312 g/mol. The SMILES string of the molecule is C/C(Cc1ccccc1)=N\NC(=O)COc1ccc(Cl)cc1C. The highest BCUT2D eigenvalue weighted by Gasteiger charge is 2.05. The maximum absolute atomic E-state index is 11.8. The topological polar surface area (TPSA) is 50.7 Å². The van der Waals surface area contributed by atoms with E-state index in [1.54, 1.807) is 18.2 Å². The van der Waals surface area contributed by atoms with Gasteiger partial charge in [-0.1, -0.05) is 41.9 Å². The zero-order valence-electron chi connectivity index (χ0n) is 13.2. The number of nitrogens with one attached hydrogen (secondary N) is 1. The molecule has 0 aliphatic rings. The number of hydrogen-bond donors (Lipinski definition) is 1. The number of hydrazone groups is 1. The van der Waals surface area contributed by atoms with Gasteiger partial charge in [0, 0.05) is 17.2 Å². The number of halogens is 1. The molecule has 1 N–H and O–H groups in total. The Morgan fingerprint density at radius 2 is 1.96 bits per heavy atom. The van der Waals surface area contributed by atoms with Crippen molar-refractivity contribution in [1.82, 2.24) is 5.43 Å². The average Bonchev–Trinajstić information content (AvgIpc) is 2.53. The van der Waals surface area contributed by atoms with E-state index in [-0.39, 0.29) is 12.5 Å². The van der Waals surface area contributed by atoms with Gasteiger partial charge in [0.1, 0.15) is 5.75 Å². The normalized spacial score (nSPS) is 11.2. The fourth-order valence-electron chi connectivity index (χ4n) is 2.04. The standard InChI is InChI=1S/C18H19ClN2O2/c1-13-10-16(19)8-9-17(13)23-12-18(22)21-20-14(2)11-15-6-4-3-5-7-15/h3-10H,11-12H2,1-2H3,(H,21,22)/b20-14+. The molecule has 1 amide bonds. The molecule has 0 heterocycles. The molecule has 0 aromatic heterocycles. The Morgan fingerprint density at radius 1 is 1.22 bits per heavy atom. The van der Waals surface area contributed by atoms with E-state index in [9.17, 15) is 4.79 Å². The summed E-state index contributed by atoms with van der Waals surface area (Å²) in [6.07, 6.45) is 0.693. The molecule has 0 saturated heterocycles. The molecule has 0 radical (unpaired) electrons. The van der Waals surface area contributed by atoms with E-state index in [2.05, 4.69) is 10.5 Å². The molecule has 2 aromatic carbocycles. The minimum absolute atomic E-state index is 0.0927. The van der Waals surface area contributed by atoms with E-state index in [1.165, 1.54) is 0 Å². The highest BCUT2D eigenvalue weighted by molar-refractivity contribution is 6.30. The predicted molar refractivity (Wildman–Crippen MR) is 93.1 cm³/mol. The molecule has 2 rings (SSSR count). The van der Waals surface area contributed by atoms with E-state index < -0.39 is 0 Å². The first kappa shape index (κ1) is 17.0. The largest absolute Gasteiger partial charge is 0.483 e. The van der Waals surface area contributed by atoms with Crippen LogP contribution in [0, 0.1) is 6.92 Å². The lowest BCUT2D eigenvalue weighted by molar-refractivity contribution is -0.123. The van der Waals surface area contributed by atoms with Crippen LogP contribution in [-0.2, 0) is 11.2 Å². The van der Waals surface area contributed by atoms with Crippen LogP contribution >= 0.6 is 11.6 Å². The highest BCUT2D eigenvalue weighted by Crippen LogP contribution is 2.21. The zero-order chi connectivity index (χ0) is 16.7. The third-order valence-electron chi connectivity index (χ3n) is 3.17. The summed E-state index contributed by atoms with van der Waals surface area (Å²) in [6, 6.07) is 15.2. The molecule has 23 heavy (non-hydrogen) atoms. The van der Waals surface area contributed by atoms with Gasteiger partial charge >= 0.3 is 0 Å². The summed E-state index contributed by atoms with van der Waals surface area (Å²) in [5.74, 6) is 0.335. The van der Waals surface area contributed by atoms with E-state index in [0.717, 1.165) is 16.8 Å². The maximum atomic E-state index is 11.8. The fraction of sp³-hybridized carbons (Fsp3) is 0.222. The van der Waals surface area contributed by atoms with Gasteiger partial charge in [0.2, 0.25) is 0 Å². The molecular formula is C18H19ClN2O2. The van der Waals surface area contributed by atoms with Crippen LogP contribution in [-0.4, -0.2) is 18.2 Å². The molecule has 5 heteroatoms. The predicted octanol–water partition coefficient (Wildman–Crippen LogP) is 3.76. The fourth-order valence-corrected chi connectivity index (χ4v) is 2.27. The van der Waals surface area contributed by atoms with Crippen LogP contribution < -0.4 is 10.2 Å². The Bertz CT molecular complexity index is 699. The second-order valence-corrected chi connectivity index (χ2v) is 5.68. The number of benzene rings is 2. The summed E-state index contributed by atoms with van der Waals surface area (Å²) in [6.45, 7) is 3.66. The van der Waals surface area contributed by atoms with Crippen molar-refractivity contribution in [3.8, 4) is 5.75 Å². The Hall–Kier alpha value is -2.33. The van der Waals surface area contributed by atoms with Gasteiger partial charge in [-0.3, -0.25) is 4.79 Å². The maximum Gasteiger partial charge on any atom is 0.277 e. The monoisotopic (exact) mass is 330 g/mol. The summed E-state index contributed by atoms with van der Waals surface area (Å²) in [7, 11) is 0. The van der Waals surface area contributed by atoms with E-state index in [1.807, 2.05) is 44.2 Å². The van der Waals surface area contributed by atoms with Gasteiger partial charge in [-0.2, -0.15) is 5.10 Å². The smallest absolute Gasteiger partial charge is 0.277 e. The third-order valence-corrected chi connectivity index (χ3v) is 3.41. The molecule has 0 aliphatic heterocycles. The van der Waals surface area contributed by atoms with Crippen LogP contribution in [0.25, 0.3) is 0 Å². The molecule has 0 bridgehead atoms. The van der Waals surface area contributed by atoms with E-state index in [4.69, 9.17) is 16.3 Å². The minimum atomic E-state index is -0.299. The Balaban J connectivity index is 1.81. The Morgan fingerprint density at radius 3 is 2.65 bits per heavy atom. The van der Waals surface area contributed by atoms with Crippen LogP contribution in [0.15, 0.2) is 53.6 Å². The number of nitrogens with zero attached hydrogens (tertiary/aromatic N) is 1. The Labute approximate surface area is 141 Å². The van der Waals surface area contributed by atoms with Crippen LogP contribution in [0.5, 0.6) is 5.75 Å². The molecule has 0 atom stereocenters. The summed E-state index contributed by atoms with van der Waals surface area (Å²) < 4.78 is 5.46. The van der Waals surface area contributed by atoms with Crippen molar-refractivity contribution >= 4 is 23.2 Å². The van der Waals surface area contributed by atoms with Gasteiger partial charge in [0.15, 0.2) is 6.61 Å². The number of hydrogen-bond acceptors (Lipinski definition) is 3. The van der Waals surface area contributed by atoms with Gasteiger partial charge < -0.3 is 4.74 Å². The molecule has 0 fully saturated rings. The van der Waals surface area contributed by atoms with Crippen molar-refractivity contribution in [2.24, 2.45) is 5.10 Å². The number of carbonyl (C=O) groups is 1. The molecule has 0 spiro atoms. The van der Waals surface area contributed by atoms with Crippen LogP contribution in [0.4, 0.5) is 0 Å². The van der Waals surface area contributed by atoms with Crippen LogP contribution in [0.2, 0.25) is 5.02 Å². The van der Waals surface area contributed by atoms with Crippen molar-refractivity contribution in [3.63, 3.8) is 0 Å². The first-order chi connectivity index (χ1) is 11.0. The van der Waals surface area contributed by atoms with Crippen LogP contribution in [0.1, 0.15) is 18.1 Å². The highest BCUT2D eigenvalue weighted by atomic mass is 35.5. The molecule has 2 aromatic rings. The molecule has 4 nitrogen and oxygen atoms in total. The first-order valence-electron chi connectivity index (χ1n) is 7.29. The lowest BCUT2D eigenvalue weighted by atomic mass is 10.1. The molecule has 0 saturated carbocycles. The summed E-state index contributed by atoms with van der Waals surface area (Å²) in [4.78, 5) is 11.8. The number of ether oxygens (including phenoxy) is 1. The number of aryl methyl sites for hydroxylation is 1. The quantitative estimate of drug-likeness (QED) is 0.647. The van der Waals surface area contributed by atoms with Gasteiger partial charge in [-0.05, 0) is 43.2 Å². The lowest BCUT2D eigenvalue weighted by Crippen LogP contribution is -2.25. The Kier molecular flexibility index (Phi) is 6.18. The second kappa shape index (κ2) is 8.34. The van der Waals surface area contributed by atoms with Gasteiger partial charge in [0.05, 0.1) is 0 Å². The number of rotatable bonds is 6. The van der Waals surface area contributed by atoms with Crippen molar-refractivity contribution in [1.29, 1.82) is 0 Å². The van der Waals surface area contributed by atoms with Gasteiger partial charge in [0.25, 0.3) is 5.91 Å².